The normalized spacial score (nSPS) is 11.9. The third-order valence-electron chi connectivity index (χ3n) is 2.92. The van der Waals surface area contributed by atoms with E-state index in [1.54, 1.807) is 6.07 Å². The molecule has 0 fully saturated rings. The molecule has 0 heterocycles. The summed E-state index contributed by atoms with van der Waals surface area (Å²) >= 11 is 0. The molecule has 7 nitrogen and oxygen atoms in total. The van der Waals surface area contributed by atoms with Gasteiger partial charge in [0.15, 0.2) is 0 Å². The molecule has 0 radical (unpaired) electrons. The first-order chi connectivity index (χ1) is 9.85. The van der Waals surface area contributed by atoms with Crippen molar-refractivity contribution in [1.82, 2.24) is 5.32 Å². The van der Waals surface area contributed by atoms with E-state index in [2.05, 4.69) is 10.6 Å². The molecule has 1 aromatic rings. The molecule has 0 saturated heterocycles. The second kappa shape index (κ2) is 7.49. The molecule has 0 saturated carbocycles. The number of hydrogen-bond acceptors (Lipinski definition) is 5. The van der Waals surface area contributed by atoms with Gasteiger partial charge in [0.05, 0.1) is 25.4 Å². The van der Waals surface area contributed by atoms with Gasteiger partial charge >= 0.3 is 0 Å². The van der Waals surface area contributed by atoms with E-state index in [0.717, 1.165) is 0 Å². The number of rotatable bonds is 6. The number of amides is 2. The van der Waals surface area contributed by atoms with Crippen LogP contribution in [0.1, 0.15) is 13.8 Å². The first-order valence-electron chi connectivity index (χ1n) is 6.55. The van der Waals surface area contributed by atoms with Crippen LogP contribution in [0.15, 0.2) is 18.2 Å². The fourth-order valence-electron chi connectivity index (χ4n) is 1.52. The maximum absolute atomic E-state index is 11.7. The van der Waals surface area contributed by atoms with Gasteiger partial charge < -0.3 is 26.2 Å². The monoisotopic (exact) mass is 295 g/mol. The molecule has 21 heavy (non-hydrogen) atoms. The van der Waals surface area contributed by atoms with Crippen molar-refractivity contribution in [2.45, 2.75) is 19.9 Å². The summed E-state index contributed by atoms with van der Waals surface area (Å²) in [5, 5.41) is 14.6. The molecular formula is C14H21N3O4. The lowest BCUT2D eigenvalue weighted by Gasteiger charge is -2.15. The quantitative estimate of drug-likeness (QED) is 0.569. The summed E-state index contributed by atoms with van der Waals surface area (Å²) in [5.74, 6) is -0.475. The highest BCUT2D eigenvalue weighted by atomic mass is 16.5. The van der Waals surface area contributed by atoms with Crippen LogP contribution in [0.2, 0.25) is 0 Å². The second-order valence-corrected chi connectivity index (χ2v) is 4.92. The number of hydrogen-bond donors (Lipinski definition) is 4. The van der Waals surface area contributed by atoms with Crippen LogP contribution in [-0.4, -0.2) is 36.6 Å². The van der Waals surface area contributed by atoms with E-state index in [1.807, 2.05) is 13.8 Å². The van der Waals surface area contributed by atoms with Crippen LogP contribution in [0.5, 0.6) is 11.5 Å². The molecule has 1 rings (SSSR count). The molecule has 0 aliphatic heterocycles. The lowest BCUT2D eigenvalue weighted by atomic mass is 10.1. The zero-order valence-corrected chi connectivity index (χ0v) is 12.3. The Morgan fingerprint density at radius 2 is 2.05 bits per heavy atom. The van der Waals surface area contributed by atoms with Crippen LogP contribution >= 0.6 is 0 Å². The smallest absolute Gasteiger partial charge is 0.243 e. The number of carbonyl (C=O) groups is 2. The molecule has 0 spiro atoms. The summed E-state index contributed by atoms with van der Waals surface area (Å²) in [6, 6.07) is 3.79. The maximum Gasteiger partial charge on any atom is 0.243 e. The molecule has 7 heteroatoms. The summed E-state index contributed by atoms with van der Waals surface area (Å²) < 4.78 is 5.00. The molecule has 1 atom stereocenters. The number of aromatic hydroxyl groups is 1. The van der Waals surface area contributed by atoms with Gasteiger partial charge in [0.2, 0.25) is 11.8 Å². The molecule has 1 aromatic carbocycles. The Hall–Kier alpha value is -2.28. The van der Waals surface area contributed by atoms with E-state index in [1.165, 1.54) is 19.2 Å². The summed E-state index contributed by atoms with van der Waals surface area (Å²) in [7, 11) is 1.48. The minimum absolute atomic E-state index is 0.0181. The average Bonchev–Trinajstić information content (AvgIpc) is 2.46. The number of nitrogens with one attached hydrogen (secondary N) is 2. The van der Waals surface area contributed by atoms with E-state index >= 15 is 0 Å². The number of phenols is 1. The van der Waals surface area contributed by atoms with Crippen LogP contribution in [-0.2, 0) is 9.59 Å². The average molecular weight is 295 g/mol. The standard InChI is InChI=1S/C14H21N3O4/c1-8(2)13(15)14(20)16-7-12(19)17-10-6-9(21-3)4-5-11(10)18/h4-6,8,13,18H,7,15H2,1-3H3,(H,16,20)(H,17,19)/t13-/m0/s1. The van der Waals surface area contributed by atoms with Crippen molar-refractivity contribution >= 4 is 17.5 Å². The second-order valence-electron chi connectivity index (χ2n) is 4.92. The highest BCUT2D eigenvalue weighted by Crippen LogP contribution is 2.27. The molecule has 0 aromatic heterocycles. The van der Waals surface area contributed by atoms with E-state index in [-0.39, 0.29) is 23.9 Å². The highest BCUT2D eigenvalue weighted by Gasteiger charge is 2.17. The molecule has 116 valence electrons. The van der Waals surface area contributed by atoms with Gasteiger partial charge in [-0.3, -0.25) is 9.59 Å². The Kier molecular flexibility index (Phi) is 5.98. The number of nitrogens with two attached hydrogens (primary N) is 1. The summed E-state index contributed by atoms with van der Waals surface area (Å²) in [6.45, 7) is 3.41. The van der Waals surface area contributed by atoms with E-state index in [4.69, 9.17) is 10.5 Å². The molecule has 5 N–H and O–H groups in total. The van der Waals surface area contributed by atoms with Gasteiger partial charge in [0.25, 0.3) is 0 Å². The Labute approximate surface area is 123 Å². The fraction of sp³-hybridized carbons (Fsp3) is 0.429. The summed E-state index contributed by atoms with van der Waals surface area (Å²) in [4.78, 5) is 23.4. The Morgan fingerprint density at radius 1 is 1.38 bits per heavy atom. The molecular weight excluding hydrogens is 274 g/mol. The minimum Gasteiger partial charge on any atom is -0.506 e. The predicted molar refractivity (Wildman–Crippen MR) is 79.1 cm³/mol. The topological polar surface area (TPSA) is 114 Å². The van der Waals surface area contributed by atoms with Crippen LogP contribution in [0.3, 0.4) is 0 Å². The first kappa shape index (κ1) is 16.8. The van der Waals surface area contributed by atoms with Crippen LogP contribution in [0.4, 0.5) is 5.69 Å². The fourth-order valence-corrected chi connectivity index (χ4v) is 1.52. The van der Waals surface area contributed by atoms with Crippen LogP contribution in [0.25, 0.3) is 0 Å². The molecule has 0 aliphatic carbocycles. The van der Waals surface area contributed by atoms with Gasteiger partial charge in [0, 0.05) is 6.07 Å². The van der Waals surface area contributed by atoms with Gasteiger partial charge in [-0.1, -0.05) is 13.8 Å². The van der Waals surface area contributed by atoms with Gasteiger partial charge in [0.1, 0.15) is 11.5 Å². The lowest BCUT2D eigenvalue weighted by molar-refractivity contribution is -0.125. The van der Waals surface area contributed by atoms with E-state index in [0.29, 0.717) is 5.75 Å². The van der Waals surface area contributed by atoms with E-state index in [9.17, 15) is 14.7 Å². The van der Waals surface area contributed by atoms with Crippen molar-refractivity contribution in [1.29, 1.82) is 0 Å². The zero-order chi connectivity index (χ0) is 16.0. The number of phenolic OH excluding ortho intramolecular Hbond substituents is 1. The molecule has 0 unspecified atom stereocenters. The highest BCUT2D eigenvalue weighted by molar-refractivity contribution is 5.96. The molecule has 2 amide bonds. The Morgan fingerprint density at radius 3 is 2.62 bits per heavy atom. The van der Waals surface area contributed by atoms with E-state index < -0.39 is 17.9 Å². The van der Waals surface area contributed by atoms with Crippen LogP contribution in [0, 0.1) is 5.92 Å². The number of methoxy groups -OCH3 is 1. The van der Waals surface area contributed by atoms with Gasteiger partial charge in [-0.15, -0.1) is 0 Å². The minimum atomic E-state index is -0.664. The maximum atomic E-state index is 11.7. The Bertz CT molecular complexity index is 517. The summed E-state index contributed by atoms with van der Waals surface area (Å²) in [6.07, 6.45) is 0. The van der Waals surface area contributed by atoms with Gasteiger partial charge in [-0.2, -0.15) is 0 Å². The third-order valence-corrected chi connectivity index (χ3v) is 2.92. The van der Waals surface area contributed by atoms with Crippen molar-refractivity contribution < 1.29 is 19.4 Å². The van der Waals surface area contributed by atoms with Gasteiger partial charge in [-0.05, 0) is 18.1 Å². The van der Waals surface area contributed by atoms with Crippen LogP contribution < -0.4 is 21.1 Å². The van der Waals surface area contributed by atoms with Gasteiger partial charge in [-0.25, -0.2) is 0 Å². The number of benzene rings is 1. The zero-order valence-electron chi connectivity index (χ0n) is 12.3. The first-order valence-corrected chi connectivity index (χ1v) is 6.55. The molecule has 0 bridgehead atoms. The predicted octanol–water partition coefficient (Wildman–Crippen LogP) is 0.439. The van der Waals surface area contributed by atoms with Crippen molar-refractivity contribution in [2.75, 3.05) is 19.0 Å². The third kappa shape index (κ3) is 4.96. The van der Waals surface area contributed by atoms with Crippen molar-refractivity contribution in [3.8, 4) is 11.5 Å². The molecule has 0 aliphatic rings. The lowest BCUT2D eigenvalue weighted by Crippen LogP contribution is -2.46. The SMILES string of the molecule is COc1ccc(O)c(NC(=O)CNC(=O)[C@@H](N)C(C)C)c1. The van der Waals surface area contributed by atoms with Crippen molar-refractivity contribution in [2.24, 2.45) is 11.7 Å². The van der Waals surface area contributed by atoms with Crippen molar-refractivity contribution in [3.63, 3.8) is 0 Å². The Balaban J connectivity index is 2.56. The number of carbonyl (C=O) groups excluding carboxylic acids is 2. The largest absolute Gasteiger partial charge is 0.506 e. The number of anilines is 1. The number of ether oxygens (including phenoxy) is 1. The summed E-state index contributed by atoms with van der Waals surface area (Å²) in [5.41, 5.74) is 5.87. The van der Waals surface area contributed by atoms with Crippen molar-refractivity contribution in [3.05, 3.63) is 18.2 Å².